The van der Waals surface area contributed by atoms with E-state index in [0.717, 1.165) is 0 Å². The van der Waals surface area contributed by atoms with Gasteiger partial charge in [0, 0.05) is 11.6 Å². The lowest BCUT2D eigenvalue weighted by molar-refractivity contribution is -0.152. The lowest BCUT2D eigenvalue weighted by atomic mass is 9.72. The molecule has 1 aliphatic carbocycles. The Bertz CT molecular complexity index is 554. The Morgan fingerprint density at radius 2 is 2.32 bits per heavy atom. The van der Waals surface area contributed by atoms with E-state index in [1.54, 1.807) is 19.1 Å². The summed E-state index contributed by atoms with van der Waals surface area (Å²) >= 11 is 5.85. The van der Waals surface area contributed by atoms with Gasteiger partial charge in [0.1, 0.15) is 10.8 Å². The second-order valence-corrected chi connectivity index (χ2v) is 5.83. The Kier molecular flexibility index (Phi) is 5.26. The van der Waals surface area contributed by atoms with E-state index < -0.39 is 11.6 Å². The molecular weight excluding hydrogens is 308 g/mol. The van der Waals surface area contributed by atoms with E-state index in [2.05, 4.69) is 4.98 Å². The predicted octanol–water partition coefficient (Wildman–Crippen LogP) is 1.62. The standard InChI is InChI=1S/C15H21ClN2O4/c1-3-22-14(19)9-6-7-15(20,11(17)8-9)10-4-5-12(16)18-13(10)21-2/h4-5,9,11,20H,3,6-8,17H2,1-2H3. The van der Waals surface area contributed by atoms with E-state index >= 15 is 0 Å². The molecular formula is C15H21ClN2O4. The molecule has 0 saturated heterocycles. The zero-order valence-corrected chi connectivity index (χ0v) is 13.5. The number of esters is 1. The summed E-state index contributed by atoms with van der Waals surface area (Å²) in [5.41, 5.74) is 5.35. The van der Waals surface area contributed by atoms with E-state index in [1.807, 2.05) is 0 Å². The number of carbonyl (C=O) groups excluding carboxylic acids is 1. The highest BCUT2D eigenvalue weighted by molar-refractivity contribution is 6.29. The van der Waals surface area contributed by atoms with E-state index in [4.69, 9.17) is 26.8 Å². The van der Waals surface area contributed by atoms with Crippen LogP contribution in [0, 0.1) is 5.92 Å². The summed E-state index contributed by atoms with van der Waals surface area (Å²) in [7, 11) is 1.46. The van der Waals surface area contributed by atoms with Crippen molar-refractivity contribution in [3.63, 3.8) is 0 Å². The molecule has 7 heteroatoms. The number of hydrogen-bond donors (Lipinski definition) is 2. The summed E-state index contributed by atoms with van der Waals surface area (Å²) in [5, 5.41) is 11.3. The molecule has 122 valence electrons. The number of halogens is 1. The van der Waals surface area contributed by atoms with Crippen LogP contribution in [-0.4, -0.2) is 35.8 Å². The molecule has 1 aromatic rings. The number of carbonyl (C=O) groups is 1. The summed E-state index contributed by atoms with van der Waals surface area (Å²) in [6.07, 6.45) is 1.17. The Labute approximate surface area is 134 Å². The highest BCUT2D eigenvalue weighted by atomic mass is 35.5. The van der Waals surface area contributed by atoms with E-state index in [1.165, 1.54) is 7.11 Å². The van der Waals surface area contributed by atoms with Gasteiger partial charge in [-0.25, -0.2) is 4.98 Å². The summed E-state index contributed by atoms with van der Waals surface area (Å²) in [6, 6.07) is 2.63. The minimum atomic E-state index is -1.30. The van der Waals surface area contributed by atoms with E-state index in [0.29, 0.717) is 31.4 Å². The minimum Gasteiger partial charge on any atom is -0.481 e. The summed E-state index contributed by atoms with van der Waals surface area (Å²) < 4.78 is 10.2. The number of hydrogen-bond acceptors (Lipinski definition) is 6. The molecule has 0 amide bonds. The molecule has 0 radical (unpaired) electrons. The predicted molar refractivity (Wildman–Crippen MR) is 81.6 cm³/mol. The number of ether oxygens (including phenoxy) is 2. The first kappa shape index (κ1) is 17.0. The van der Waals surface area contributed by atoms with Crippen LogP contribution >= 0.6 is 11.6 Å². The zero-order chi connectivity index (χ0) is 16.3. The van der Waals surface area contributed by atoms with E-state index in [9.17, 15) is 9.90 Å². The Balaban J connectivity index is 2.24. The fraction of sp³-hybridized carbons (Fsp3) is 0.600. The van der Waals surface area contributed by atoms with Crippen LogP contribution in [-0.2, 0) is 15.1 Å². The molecule has 0 aliphatic heterocycles. The molecule has 1 fully saturated rings. The third kappa shape index (κ3) is 3.19. The lowest BCUT2D eigenvalue weighted by Crippen LogP contribution is -2.51. The molecule has 3 N–H and O–H groups in total. The SMILES string of the molecule is CCOC(=O)C1CCC(O)(c2ccc(Cl)nc2OC)C(N)C1. The first-order chi connectivity index (χ1) is 10.4. The van der Waals surface area contributed by atoms with Gasteiger partial charge >= 0.3 is 5.97 Å². The smallest absolute Gasteiger partial charge is 0.308 e. The molecule has 0 aromatic carbocycles. The van der Waals surface area contributed by atoms with Gasteiger partial charge in [0.15, 0.2) is 0 Å². The normalized spacial score (nSPS) is 28.2. The van der Waals surface area contributed by atoms with Crippen LogP contribution in [0.15, 0.2) is 12.1 Å². The topological polar surface area (TPSA) is 94.7 Å². The fourth-order valence-corrected chi connectivity index (χ4v) is 3.05. The fourth-order valence-electron chi connectivity index (χ4n) is 2.91. The summed E-state index contributed by atoms with van der Waals surface area (Å²) in [5.74, 6) is -0.303. The molecule has 3 atom stereocenters. The maximum absolute atomic E-state index is 11.8. The number of nitrogens with two attached hydrogens (primary N) is 1. The van der Waals surface area contributed by atoms with Crippen LogP contribution in [0.4, 0.5) is 0 Å². The average Bonchev–Trinajstić information content (AvgIpc) is 2.50. The van der Waals surface area contributed by atoms with Gasteiger partial charge in [-0.1, -0.05) is 11.6 Å². The molecule has 1 saturated carbocycles. The van der Waals surface area contributed by atoms with Gasteiger partial charge in [-0.3, -0.25) is 4.79 Å². The van der Waals surface area contributed by atoms with Gasteiger partial charge in [0.25, 0.3) is 0 Å². The molecule has 6 nitrogen and oxygen atoms in total. The van der Waals surface area contributed by atoms with Gasteiger partial charge in [-0.05, 0) is 38.3 Å². The van der Waals surface area contributed by atoms with Crippen LogP contribution < -0.4 is 10.5 Å². The Morgan fingerprint density at radius 3 is 2.91 bits per heavy atom. The lowest BCUT2D eigenvalue weighted by Gasteiger charge is -2.40. The van der Waals surface area contributed by atoms with Crippen LogP contribution in [0.3, 0.4) is 0 Å². The van der Waals surface area contributed by atoms with Crippen LogP contribution in [0.2, 0.25) is 5.15 Å². The monoisotopic (exact) mass is 328 g/mol. The van der Waals surface area contributed by atoms with E-state index in [-0.39, 0.29) is 22.9 Å². The van der Waals surface area contributed by atoms with Crippen molar-refractivity contribution in [2.45, 2.75) is 37.8 Å². The highest BCUT2D eigenvalue weighted by Crippen LogP contribution is 2.42. The first-order valence-electron chi connectivity index (χ1n) is 7.28. The number of pyridine rings is 1. The third-order valence-electron chi connectivity index (χ3n) is 4.13. The van der Waals surface area contributed by atoms with Crippen molar-refractivity contribution in [1.29, 1.82) is 0 Å². The second kappa shape index (κ2) is 6.81. The maximum Gasteiger partial charge on any atom is 0.308 e. The average molecular weight is 329 g/mol. The van der Waals surface area contributed by atoms with Gasteiger partial charge in [-0.2, -0.15) is 0 Å². The minimum absolute atomic E-state index is 0.250. The van der Waals surface area contributed by atoms with Crippen molar-refractivity contribution in [2.75, 3.05) is 13.7 Å². The van der Waals surface area contributed by atoms with Crippen LogP contribution in [0.5, 0.6) is 5.88 Å². The second-order valence-electron chi connectivity index (χ2n) is 5.44. The molecule has 1 heterocycles. The maximum atomic E-state index is 11.8. The third-order valence-corrected chi connectivity index (χ3v) is 4.34. The van der Waals surface area contributed by atoms with Gasteiger partial charge < -0.3 is 20.3 Å². The quantitative estimate of drug-likeness (QED) is 0.644. The van der Waals surface area contributed by atoms with Crippen molar-refractivity contribution in [3.05, 3.63) is 22.8 Å². The first-order valence-corrected chi connectivity index (χ1v) is 7.65. The molecule has 1 aliphatic rings. The van der Waals surface area contributed by atoms with Crippen molar-refractivity contribution in [3.8, 4) is 5.88 Å². The van der Waals surface area contributed by atoms with Gasteiger partial charge in [0.2, 0.25) is 5.88 Å². The van der Waals surface area contributed by atoms with Crippen molar-refractivity contribution in [1.82, 2.24) is 4.98 Å². The Morgan fingerprint density at radius 1 is 1.59 bits per heavy atom. The largest absolute Gasteiger partial charge is 0.481 e. The van der Waals surface area contributed by atoms with Crippen LogP contribution in [0.1, 0.15) is 31.7 Å². The summed E-state index contributed by atoms with van der Waals surface area (Å²) in [4.78, 5) is 15.9. The molecule has 1 aromatic heterocycles. The number of aliphatic hydroxyl groups is 1. The molecule has 22 heavy (non-hydrogen) atoms. The molecule has 0 spiro atoms. The Hall–Kier alpha value is -1.37. The van der Waals surface area contributed by atoms with Crippen molar-refractivity contribution < 1.29 is 19.4 Å². The molecule has 2 rings (SSSR count). The molecule has 3 unspecified atom stereocenters. The number of rotatable bonds is 4. The zero-order valence-electron chi connectivity index (χ0n) is 12.7. The number of nitrogens with zero attached hydrogens (tertiary/aromatic N) is 1. The number of aromatic nitrogens is 1. The number of methoxy groups -OCH3 is 1. The molecule has 0 bridgehead atoms. The van der Waals surface area contributed by atoms with Gasteiger partial charge in [-0.15, -0.1) is 0 Å². The van der Waals surface area contributed by atoms with Crippen molar-refractivity contribution >= 4 is 17.6 Å². The highest BCUT2D eigenvalue weighted by Gasteiger charge is 2.45. The van der Waals surface area contributed by atoms with Gasteiger partial charge in [0.05, 0.1) is 19.6 Å². The van der Waals surface area contributed by atoms with Crippen LogP contribution in [0.25, 0.3) is 0 Å². The van der Waals surface area contributed by atoms with Crippen molar-refractivity contribution in [2.24, 2.45) is 11.7 Å². The summed E-state index contributed by atoms with van der Waals surface area (Å²) in [6.45, 7) is 2.10.